The van der Waals surface area contributed by atoms with Gasteiger partial charge in [0.05, 0.1) is 11.3 Å². The Morgan fingerprint density at radius 1 is 1.44 bits per heavy atom. The first-order valence-electron chi connectivity index (χ1n) is 5.27. The minimum Gasteiger partial charge on any atom is -0.478 e. The zero-order valence-electron chi connectivity index (χ0n) is 9.34. The van der Waals surface area contributed by atoms with E-state index in [2.05, 4.69) is 18.8 Å². The number of imidazole rings is 1. The van der Waals surface area contributed by atoms with Crippen molar-refractivity contribution in [2.75, 3.05) is 0 Å². The Kier molecular flexibility index (Phi) is 2.64. The van der Waals surface area contributed by atoms with Gasteiger partial charge >= 0.3 is 5.97 Å². The first-order valence-corrected chi connectivity index (χ1v) is 5.27. The quantitative estimate of drug-likeness (QED) is 0.859. The summed E-state index contributed by atoms with van der Waals surface area (Å²) in [5.41, 5.74) is 2.07. The number of fused-ring (bicyclic) bond motifs is 1. The first-order chi connectivity index (χ1) is 7.56. The second kappa shape index (κ2) is 3.96. The third-order valence-corrected chi connectivity index (χ3v) is 2.37. The largest absolute Gasteiger partial charge is 0.478 e. The Hall–Kier alpha value is -1.84. The normalized spacial score (nSPS) is 11.2. The third kappa shape index (κ3) is 2.05. The van der Waals surface area contributed by atoms with Crippen molar-refractivity contribution in [3.63, 3.8) is 0 Å². The SMILES string of the molecule is CC(C)Cc1cn2cc(C(=O)O)ccc2n1. The number of carbonyl (C=O) groups is 1. The molecule has 0 amide bonds. The fourth-order valence-corrected chi connectivity index (χ4v) is 1.69. The lowest BCUT2D eigenvalue weighted by Crippen LogP contribution is -1.97. The molecular formula is C12H14N2O2. The molecule has 0 aliphatic carbocycles. The lowest BCUT2D eigenvalue weighted by atomic mass is 10.1. The van der Waals surface area contributed by atoms with Gasteiger partial charge in [-0.1, -0.05) is 13.8 Å². The van der Waals surface area contributed by atoms with Crippen molar-refractivity contribution in [1.29, 1.82) is 0 Å². The van der Waals surface area contributed by atoms with E-state index in [1.54, 1.807) is 22.7 Å². The van der Waals surface area contributed by atoms with E-state index in [0.29, 0.717) is 5.92 Å². The van der Waals surface area contributed by atoms with Crippen LogP contribution in [0.3, 0.4) is 0 Å². The van der Waals surface area contributed by atoms with Gasteiger partial charge in [0.2, 0.25) is 0 Å². The zero-order valence-corrected chi connectivity index (χ0v) is 9.34. The van der Waals surface area contributed by atoms with Crippen molar-refractivity contribution >= 4 is 11.6 Å². The van der Waals surface area contributed by atoms with Crippen LogP contribution in [-0.2, 0) is 6.42 Å². The van der Waals surface area contributed by atoms with Crippen molar-refractivity contribution in [2.24, 2.45) is 5.92 Å². The second-order valence-electron chi connectivity index (χ2n) is 4.32. The number of aromatic carboxylic acids is 1. The van der Waals surface area contributed by atoms with Crippen LogP contribution in [0.25, 0.3) is 5.65 Å². The van der Waals surface area contributed by atoms with E-state index >= 15 is 0 Å². The van der Waals surface area contributed by atoms with Gasteiger partial charge in [0.15, 0.2) is 0 Å². The molecule has 1 N–H and O–H groups in total. The van der Waals surface area contributed by atoms with Gasteiger partial charge in [-0.25, -0.2) is 9.78 Å². The van der Waals surface area contributed by atoms with Crippen LogP contribution < -0.4 is 0 Å². The molecule has 2 heterocycles. The van der Waals surface area contributed by atoms with Crippen LogP contribution in [0, 0.1) is 5.92 Å². The molecule has 0 aliphatic rings. The zero-order chi connectivity index (χ0) is 11.7. The van der Waals surface area contributed by atoms with Gasteiger partial charge < -0.3 is 9.51 Å². The number of aromatic nitrogens is 2. The van der Waals surface area contributed by atoms with Gasteiger partial charge in [0.1, 0.15) is 5.65 Å². The molecule has 0 unspecified atom stereocenters. The predicted molar refractivity (Wildman–Crippen MR) is 60.7 cm³/mol. The van der Waals surface area contributed by atoms with Crippen molar-refractivity contribution in [3.8, 4) is 0 Å². The standard InChI is InChI=1S/C12H14N2O2/c1-8(2)5-10-7-14-6-9(12(15)16)3-4-11(14)13-10/h3-4,6-8H,5H2,1-2H3,(H,15,16). The molecule has 0 spiro atoms. The van der Waals surface area contributed by atoms with E-state index in [4.69, 9.17) is 5.11 Å². The molecule has 2 aromatic rings. The molecule has 2 rings (SSSR count). The van der Waals surface area contributed by atoms with Gasteiger partial charge in [-0.3, -0.25) is 0 Å². The fraction of sp³-hybridized carbons (Fsp3) is 0.333. The van der Waals surface area contributed by atoms with Gasteiger partial charge in [0.25, 0.3) is 0 Å². The molecule has 0 radical (unpaired) electrons. The Labute approximate surface area is 93.5 Å². The number of carboxylic acid groups (broad SMARTS) is 1. The number of nitrogens with zero attached hydrogens (tertiary/aromatic N) is 2. The van der Waals surface area contributed by atoms with Gasteiger partial charge in [-0.2, -0.15) is 0 Å². The molecule has 0 bridgehead atoms. The van der Waals surface area contributed by atoms with E-state index in [0.717, 1.165) is 17.8 Å². The highest BCUT2D eigenvalue weighted by Gasteiger charge is 2.07. The van der Waals surface area contributed by atoms with Crippen LogP contribution in [0.1, 0.15) is 29.9 Å². The van der Waals surface area contributed by atoms with Crippen molar-refractivity contribution in [1.82, 2.24) is 9.38 Å². The molecule has 84 valence electrons. The summed E-state index contributed by atoms with van der Waals surface area (Å²) in [5.74, 6) is -0.370. The van der Waals surface area contributed by atoms with Crippen LogP contribution in [-0.4, -0.2) is 20.5 Å². The molecule has 2 aromatic heterocycles. The van der Waals surface area contributed by atoms with Crippen LogP contribution in [0.15, 0.2) is 24.5 Å². The molecular weight excluding hydrogens is 204 g/mol. The minimum atomic E-state index is -0.916. The van der Waals surface area contributed by atoms with Crippen molar-refractivity contribution in [3.05, 3.63) is 35.8 Å². The second-order valence-corrected chi connectivity index (χ2v) is 4.32. The Balaban J connectivity index is 2.42. The predicted octanol–water partition coefficient (Wildman–Crippen LogP) is 2.23. The van der Waals surface area contributed by atoms with Crippen LogP contribution in [0.4, 0.5) is 0 Å². The van der Waals surface area contributed by atoms with Gasteiger partial charge in [0, 0.05) is 12.4 Å². The van der Waals surface area contributed by atoms with E-state index in [9.17, 15) is 4.79 Å². The summed E-state index contributed by atoms with van der Waals surface area (Å²) >= 11 is 0. The van der Waals surface area contributed by atoms with E-state index in [1.807, 2.05) is 6.20 Å². The summed E-state index contributed by atoms with van der Waals surface area (Å²) < 4.78 is 1.77. The number of carboxylic acids is 1. The lowest BCUT2D eigenvalue weighted by Gasteiger charge is -1.97. The number of rotatable bonds is 3. The fourth-order valence-electron chi connectivity index (χ4n) is 1.69. The van der Waals surface area contributed by atoms with E-state index in [-0.39, 0.29) is 5.56 Å². The van der Waals surface area contributed by atoms with Crippen molar-refractivity contribution in [2.45, 2.75) is 20.3 Å². The summed E-state index contributed by atoms with van der Waals surface area (Å²) in [7, 11) is 0. The van der Waals surface area contributed by atoms with Crippen molar-refractivity contribution < 1.29 is 9.90 Å². The minimum absolute atomic E-state index is 0.279. The molecule has 4 nitrogen and oxygen atoms in total. The smallest absolute Gasteiger partial charge is 0.337 e. The topological polar surface area (TPSA) is 54.6 Å². The maximum atomic E-state index is 10.8. The lowest BCUT2D eigenvalue weighted by molar-refractivity contribution is 0.0696. The number of pyridine rings is 1. The summed E-state index contributed by atoms with van der Waals surface area (Å²) in [4.78, 5) is 15.2. The molecule has 0 aromatic carbocycles. The van der Waals surface area contributed by atoms with Crippen LogP contribution in [0.2, 0.25) is 0 Å². The molecule has 0 saturated heterocycles. The summed E-state index contributed by atoms with van der Waals surface area (Å²) in [6, 6.07) is 3.30. The maximum Gasteiger partial charge on any atom is 0.337 e. The average Bonchev–Trinajstić information content (AvgIpc) is 2.56. The van der Waals surface area contributed by atoms with Gasteiger partial charge in [-0.05, 0) is 24.5 Å². The molecule has 0 atom stereocenters. The summed E-state index contributed by atoms with van der Waals surface area (Å²) in [5, 5.41) is 8.86. The highest BCUT2D eigenvalue weighted by Crippen LogP contribution is 2.11. The third-order valence-electron chi connectivity index (χ3n) is 2.37. The molecule has 0 fully saturated rings. The number of hydrogen-bond donors (Lipinski definition) is 1. The van der Waals surface area contributed by atoms with Crippen LogP contribution in [0.5, 0.6) is 0 Å². The Bertz CT molecular complexity index is 529. The molecule has 4 heteroatoms. The molecule has 16 heavy (non-hydrogen) atoms. The van der Waals surface area contributed by atoms with E-state index in [1.165, 1.54) is 0 Å². The van der Waals surface area contributed by atoms with Crippen LogP contribution >= 0.6 is 0 Å². The number of hydrogen-bond acceptors (Lipinski definition) is 2. The summed E-state index contributed by atoms with van der Waals surface area (Å²) in [6.07, 6.45) is 4.39. The van der Waals surface area contributed by atoms with Gasteiger partial charge in [-0.15, -0.1) is 0 Å². The molecule has 0 saturated carbocycles. The van der Waals surface area contributed by atoms with E-state index < -0.39 is 5.97 Å². The average molecular weight is 218 g/mol. The monoisotopic (exact) mass is 218 g/mol. The summed E-state index contributed by atoms with van der Waals surface area (Å²) in [6.45, 7) is 4.26. The maximum absolute atomic E-state index is 10.8. The Morgan fingerprint density at radius 2 is 2.19 bits per heavy atom. The highest BCUT2D eigenvalue weighted by molar-refractivity contribution is 5.87. The first kappa shape index (κ1) is 10.7. The Morgan fingerprint density at radius 3 is 2.81 bits per heavy atom. The highest BCUT2D eigenvalue weighted by atomic mass is 16.4. The molecule has 0 aliphatic heterocycles.